The molecule has 1 N–H and O–H groups in total. The molecular formula is C16H13IN2S2. The molecule has 4 rings (SSSR count). The highest BCUT2D eigenvalue weighted by molar-refractivity contribution is 8.03. The van der Waals surface area contributed by atoms with E-state index >= 15 is 0 Å². The van der Waals surface area contributed by atoms with Gasteiger partial charge in [-0.25, -0.2) is 0 Å². The van der Waals surface area contributed by atoms with Crippen LogP contribution in [0.25, 0.3) is 16.3 Å². The number of para-hydroxylation sites is 2. The van der Waals surface area contributed by atoms with Crippen molar-refractivity contribution in [1.29, 1.82) is 0 Å². The summed E-state index contributed by atoms with van der Waals surface area (Å²) in [6.07, 6.45) is 2.23. The van der Waals surface area contributed by atoms with Gasteiger partial charge in [-0.1, -0.05) is 47.4 Å². The highest BCUT2D eigenvalue weighted by Crippen LogP contribution is 2.41. The quantitative estimate of drug-likeness (QED) is 0.468. The lowest BCUT2D eigenvalue weighted by molar-refractivity contribution is -0.642. The van der Waals surface area contributed by atoms with Crippen LogP contribution in [-0.2, 0) is 7.05 Å². The van der Waals surface area contributed by atoms with E-state index in [9.17, 15) is 0 Å². The first-order valence-corrected chi connectivity index (χ1v) is 8.08. The lowest BCUT2D eigenvalue weighted by Crippen LogP contribution is -3.00. The Morgan fingerprint density at radius 3 is 2.62 bits per heavy atom. The van der Waals surface area contributed by atoms with Crippen molar-refractivity contribution in [2.75, 3.05) is 5.32 Å². The maximum absolute atomic E-state index is 3.47. The standard InChI is InChI=1S/C16H12N2S2.HI/c1-18-12-7-3-5-9-14(12)20-16(18)10-15-17-11-6-2-4-8-13(11)19-15;/h2-10H,1H3;1H. The molecule has 0 radical (unpaired) electrons. The lowest BCUT2D eigenvalue weighted by Gasteiger charge is -1.95. The van der Waals surface area contributed by atoms with Crippen LogP contribution in [0.5, 0.6) is 0 Å². The van der Waals surface area contributed by atoms with Crippen LogP contribution < -0.4 is 33.9 Å². The van der Waals surface area contributed by atoms with Gasteiger partial charge in [-0.15, -0.1) is 0 Å². The van der Waals surface area contributed by atoms with Gasteiger partial charge in [0.2, 0.25) is 5.52 Å². The molecule has 3 aromatic rings. The third kappa shape index (κ3) is 2.69. The molecule has 0 fully saturated rings. The largest absolute Gasteiger partial charge is 1.00 e. The van der Waals surface area contributed by atoms with E-state index in [1.807, 2.05) is 11.3 Å². The Labute approximate surface area is 148 Å². The first-order chi connectivity index (χ1) is 9.81. The highest BCUT2D eigenvalue weighted by atomic mass is 127. The van der Waals surface area contributed by atoms with E-state index in [2.05, 4.69) is 71.5 Å². The predicted octanol–water partition coefficient (Wildman–Crippen LogP) is 1.25. The van der Waals surface area contributed by atoms with E-state index < -0.39 is 0 Å². The number of hydrogen-bond donors (Lipinski definition) is 1. The average molecular weight is 424 g/mol. The van der Waals surface area contributed by atoms with Crippen molar-refractivity contribution in [3.63, 3.8) is 0 Å². The SMILES string of the molecule is C[n+]1c(/C=C2\Nc3ccccc3S2)sc2ccccc21.[I-]. The van der Waals surface area contributed by atoms with Gasteiger partial charge in [0.05, 0.1) is 16.8 Å². The number of aryl methyl sites for hydroxylation is 1. The van der Waals surface area contributed by atoms with Gasteiger partial charge in [0.1, 0.15) is 11.7 Å². The fraction of sp³-hybridized carbons (Fsp3) is 0.0625. The minimum absolute atomic E-state index is 0. The fourth-order valence-electron chi connectivity index (χ4n) is 2.36. The molecule has 2 heterocycles. The minimum atomic E-state index is 0. The Bertz CT molecular complexity index is 812. The van der Waals surface area contributed by atoms with Gasteiger partial charge in [-0.2, -0.15) is 4.57 Å². The molecule has 0 spiro atoms. The fourth-order valence-corrected chi connectivity index (χ4v) is 4.47. The number of thiazole rings is 1. The van der Waals surface area contributed by atoms with Crippen molar-refractivity contribution < 1.29 is 28.5 Å². The zero-order valence-electron chi connectivity index (χ0n) is 11.3. The van der Waals surface area contributed by atoms with Gasteiger partial charge in [0, 0.05) is 11.0 Å². The number of nitrogens with one attached hydrogen (secondary N) is 1. The van der Waals surface area contributed by atoms with Crippen LogP contribution in [0.15, 0.2) is 58.5 Å². The predicted molar refractivity (Wildman–Crippen MR) is 86.9 cm³/mol. The van der Waals surface area contributed by atoms with Crippen molar-refractivity contribution in [3.05, 3.63) is 58.6 Å². The topological polar surface area (TPSA) is 15.9 Å². The molecule has 1 aromatic heterocycles. The zero-order chi connectivity index (χ0) is 13.5. The number of fused-ring (bicyclic) bond motifs is 2. The third-order valence-corrected chi connectivity index (χ3v) is 5.57. The summed E-state index contributed by atoms with van der Waals surface area (Å²) in [5.41, 5.74) is 2.48. The van der Waals surface area contributed by atoms with E-state index in [4.69, 9.17) is 0 Å². The second kappa shape index (κ2) is 5.98. The number of thioether (sulfide) groups is 1. The van der Waals surface area contributed by atoms with Crippen LogP contribution in [0.4, 0.5) is 5.69 Å². The molecular weight excluding hydrogens is 411 g/mol. The summed E-state index contributed by atoms with van der Waals surface area (Å²) < 4.78 is 3.57. The number of anilines is 1. The molecule has 0 aliphatic carbocycles. The third-order valence-electron chi connectivity index (χ3n) is 3.39. The van der Waals surface area contributed by atoms with Crippen molar-refractivity contribution in [3.8, 4) is 0 Å². The van der Waals surface area contributed by atoms with Gasteiger partial charge in [0.25, 0.3) is 5.01 Å². The number of hydrogen-bond acceptors (Lipinski definition) is 3. The number of rotatable bonds is 1. The van der Waals surface area contributed by atoms with Gasteiger partial charge in [-0.05, 0) is 18.2 Å². The molecule has 2 nitrogen and oxygen atoms in total. The molecule has 21 heavy (non-hydrogen) atoms. The highest BCUT2D eigenvalue weighted by Gasteiger charge is 2.19. The Morgan fingerprint density at radius 2 is 1.81 bits per heavy atom. The smallest absolute Gasteiger partial charge is 0.265 e. The summed E-state index contributed by atoms with van der Waals surface area (Å²) in [6, 6.07) is 16.9. The van der Waals surface area contributed by atoms with Crippen LogP contribution in [0.2, 0.25) is 0 Å². The number of benzene rings is 2. The molecule has 0 unspecified atom stereocenters. The van der Waals surface area contributed by atoms with Crippen LogP contribution in [0.1, 0.15) is 5.01 Å². The number of aromatic nitrogens is 1. The summed E-state index contributed by atoms with van der Waals surface area (Å²) >= 11 is 3.62. The van der Waals surface area contributed by atoms with Crippen molar-refractivity contribution in [2.45, 2.75) is 4.90 Å². The second-order valence-electron chi connectivity index (χ2n) is 4.70. The summed E-state index contributed by atoms with van der Waals surface area (Å²) in [4.78, 5) is 1.29. The van der Waals surface area contributed by atoms with E-state index in [0.29, 0.717) is 0 Å². The first kappa shape index (κ1) is 14.9. The molecule has 0 saturated heterocycles. The van der Waals surface area contributed by atoms with E-state index in [-0.39, 0.29) is 24.0 Å². The maximum atomic E-state index is 3.47. The van der Waals surface area contributed by atoms with Crippen molar-refractivity contribution in [1.82, 2.24) is 0 Å². The second-order valence-corrected chi connectivity index (χ2v) is 6.84. The molecule has 1 aliphatic rings. The Kier molecular flexibility index (Phi) is 4.24. The first-order valence-electron chi connectivity index (χ1n) is 6.44. The summed E-state index contributed by atoms with van der Waals surface area (Å²) in [5, 5.41) is 5.92. The summed E-state index contributed by atoms with van der Waals surface area (Å²) in [5.74, 6) is 0. The molecule has 1 aliphatic heterocycles. The van der Waals surface area contributed by atoms with Crippen LogP contribution in [0, 0.1) is 0 Å². The Balaban J connectivity index is 0.00000132. The molecule has 0 atom stereocenters. The lowest BCUT2D eigenvalue weighted by atomic mass is 10.3. The number of nitrogens with zero attached hydrogens (tertiary/aromatic N) is 1. The normalized spacial score (nSPS) is 14.8. The molecule has 0 bridgehead atoms. The van der Waals surface area contributed by atoms with Gasteiger partial charge < -0.3 is 29.3 Å². The average Bonchev–Trinajstić information content (AvgIpc) is 3.01. The molecule has 0 saturated carbocycles. The molecule has 106 valence electrons. The maximum Gasteiger partial charge on any atom is 0.265 e. The Morgan fingerprint density at radius 1 is 1.05 bits per heavy atom. The van der Waals surface area contributed by atoms with Crippen LogP contribution >= 0.6 is 23.1 Å². The van der Waals surface area contributed by atoms with E-state index in [1.165, 1.54) is 30.8 Å². The van der Waals surface area contributed by atoms with E-state index in [1.54, 1.807) is 11.8 Å². The van der Waals surface area contributed by atoms with E-state index in [0.717, 1.165) is 0 Å². The van der Waals surface area contributed by atoms with Gasteiger partial charge in [-0.3, -0.25) is 0 Å². The van der Waals surface area contributed by atoms with Crippen LogP contribution in [-0.4, -0.2) is 0 Å². The summed E-state index contributed by atoms with van der Waals surface area (Å²) in [7, 11) is 2.12. The number of halogens is 1. The van der Waals surface area contributed by atoms with Crippen molar-refractivity contribution >= 4 is 45.1 Å². The Hall–Kier alpha value is -1.05. The minimum Gasteiger partial charge on any atom is -1.00 e. The molecule has 5 heteroatoms. The zero-order valence-corrected chi connectivity index (χ0v) is 15.1. The van der Waals surface area contributed by atoms with Crippen LogP contribution in [0.3, 0.4) is 0 Å². The summed E-state index contributed by atoms with van der Waals surface area (Å²) in [6.45, 7) is 0. The molecule has 0 amide bonds. The van der Waals surface area contributed by atoms with Crippen molar-refractivity contribution in [2.24, 2.45) is 7.05 Å². The van der Waals surface area contributed by atoms with Gasteiger partial charge in [0.15, 0.2) is 0 Å². The molecule has 2 aromatic carbocycles. The monoisotopic (exact) mass is 424 g/mol. The van der Waals surface area contributed by atoms with Gasteiger partial charge >= 0.3 is 0 Å².